The zero-order valence-corrected chi connectivity index (χ0v) is 10.4. The van der Waals surface area contributed by atoms with Gasteiger partial charge in [-0.15, -0.1) is 0 Å². The summed E-state index contributed by atoms with van der Waals surface area (Å²) in [5.74, 6) is 1.21. The molecule has 0 aliphatic heterocycles. The van der Waals surface area contributed by atoms with Crippen molar-refractivity contribution in [3.63, 3.8) is 0 Å². The Morgan fingerprint density at radius 3 is 2.89 bits per heavy atom. The van der Waals surface area contributed by atoms with E-state index in [9.17, 15) is 4.79 Å². The zero-order valence-electron chi connectivity index (χ0n) is 10.4. The molecule has 0 amide bonds. The number of aromatic nitrogens is 1. The van der Waals surface area contributed by atoms with Crippen LogP contribution in [-0.4, -0.2) is 22.7 Å². The quantitative estimate of drug-likeness (QED) is 0.890. The summed E-state index contributed by atoms with van der Waals surface area (Å²) >= 11 is 0. The van der Waals surface area contributed by atoms with Gasteiger partial charge in [0.2, 0.25) is 11.6 Å². The Balaban J connectivity index is 1.88. The van der Waals surface area contributed by atoms with E-state index in [1.165, 1.54) is 19.3 Å². The molecule has 98 valence electrons. The summed E-state index contributed by atoms with van der Waals surface area (Å²) in [7, 11) is 0. The number of carboxylic acids is 1. The first kappa shape index (κ1) is 11.6. The van der Waals surface area contributed by atoms with Gasteiger partial charge in [0.25, 0.3) is 0 Å². The molecule has 3 unspecified atom stereocenters. The third kappa shape index (κ3) is 1.78. The van der Waals surface area contributed by atoms with Crippen molar-refractivity contribution in [2.75, 3.05) is 6.61 Å². The van der Waals surface area contributed by atoms with Crippen molar-refractivity contribution in [1.29, 1.82) is 0 Å². The molecule has 5 nitrogen and oxygen atoms in total. The highest BCUT2D eigenvalue weighted by Gasteiger charge is 2.43. The number of aromatic carboxylic acids is 1. The smallest absolute Gasteiger partial charge is 0.362 e. The van der Waals surface area contributed by atoms with Crippen LogP contribution in [0.15, 0.2) is 4.42 Å². The molecule has 1 N–H and O–H groups in total. The average Bonchev–Trinajstić information content (AvgIpc) is 3.02. The predicted octanol–water partition coefficient (Wildman–Crippen LogP) is 2.68. The van der Waals surface area contributed by atoms with Crippen molar-refractivity contribution >= 4 is 5.97 Å². The first-order valence-electron chi connectivity index (χ1n) is 6.55. The molecule has 1 heterocycles. The molecule has 18 heavy (non-hydrogen) atoms. The van der Waals surface area contributed by atoms with Crippen LogP contribution in [0.2, 0.25) is 0 Å². The minimum atomic E-state index is -1.09. The third-order valence-electron chi connectivity index (χ3n) is 4.15. The Labute approximate surface area is 105 Å². The second-order valence-electron chi connectivity index (χ2n) is 5.21. The van der Waals surface area contributed by atoms with Crippen LogP contribution in [0.25, 0.3) is 0 Å². The monoisotopic (exact) mass is 251 g/mol. The van der Waals surface area contributed by atoms with Gasteiger partial charge < -0.3 is 14.3 Å². The number of carboxylic acid groups (broad SMARTS) is 1. The molecule has 2 aliphatic rings. The second kappa shape index (κ2) is 4.30. The fourth-order valence-corrected chi connectivity index (χ4v) is 3.39. The molecule has 0 saturated heterocycles. The summed E-state index contributed by atoms with van der Waals surface area (Å²) in [4.78, 5) is 15.2. The lowest BCUT2D eigenvalue weighted by Crippen LogP contribution is -2.09. The van der Waals surface area contributed by atoms with Gasteiger partial charge in [-0.2, -0.15) is 0 Å². The lowest BCUT2D eigenvalue weighted by molar-refractivity contribution is 0.0683. The largest absolute Gasteiger partial charge is 0.476 e. The maximum Gasteiger partial charge on any atom is 0.362 e. The van der Waals surface area contributed by atoms with E-state index in [4.69, 9.17) is 14.3 Å². The normalized spacial score (nSPS) is 29.7. The molecule has 3 atom stereocenters. The highest BCUT2D eigenvalue weighted by Crippen LogP contribution is 2.53. The molecule has 5 heteroatoms. The molecule has 2 fully saturated rings. The molecule has 2 aliphatic carbocycles. The molecule has 3 rings (SSSR count). The van der Waals surface area contributed by atoms with Gasteiger partial charge in [-0.1, -0.05) is 6.42 Å². The maximum absolute atomic E-state index is 11.1. The topological polar surface area (TPSA) is 72.6 Å². The Kier molecular flexibility index (Phi) is 2.76. The number of oxazole rings is 1. The van der Waals surface area contributed by atoms with Crippen LogP contribution < -0.4 is 4.74 Å². The molecular weight excluding hydrogens is 234 g/mol. The molecular formula is C13H17NO4. The zero-order chi connectivity index (χ0) is 12.7. The standard InChI is InChI=1S/C13H17NO4/c1-2-17-13-10(12(15)16)14-11(18-13)9-6-7-3-4-8(9)5-7/h7-9H,2-6H2,1H3,(H,15,16). The lowest BCUT2D eigenvalue weighted by atomic mass is 9.89. The SMILES string of the molecule is CCOc1oc(C2CC3CCC2C3)nc1C(=O)O. The number of ether oxygens (including phenoxy) is 1. The van der Waals surface area contributed by atoms with E-state index in [-0.39, 0.29) is 17.6 Å². The molecule has 1 aromatic heterocycles. The minimum absolute atomic E-state index is 0.0581. The molecule has 0 radical (unpaired) electrons. The van der Waals surface area contributed by atoms with E-state index in [0.717, 1.165) is 12.3 Å². The van der Waals surface area contributed by atoms with Crippen LogP contribution in [0.4, 0.5) is 0 Å². The fraction of sp³-hybridized carbons (Fsp3) is 0.692. The first-order chi connectivity index (χ1) is 8.69. The van der Waals surface area contributed by atoms with E-state index < -0.39 is 5.97 Å². The molecule has 0 aromatic carbocycles. The number of fused-ring (bicyclic) bond motifs is 2. The first-order valence-corrected chi connectivity index (χ1v) is 6.55. The van der Waals surface area contributed by atoms with Gasteiger partial charge in [0.1, 0.15) is 0 Å². The number of nitrogens with zero attached hydrogens (tertiary/aromatic N) is 1. The van der Waals surface area contributed by atoms with Gasteiger partial charge in [-0.05, 0) is 38.0 Å². The second-order valence-corrected chi connectivity index (χ2v) is 5.21. The summed E-state index contributed by atoms with van der Waals surface area (Å²) in [6, 6.07) is 0. The van der Waals surface area contributed by atoms with E-state index in [2.05, 4.69) is 4.98 Å². The Bertz CT molecular complexity index is 468. The van der Waals surface area contributed by atoms with Gasteiger partial charge in [-0.25, -0.2) is 9.78 Å². The minimum Gasteiger partial charge on any atom is -0.476 e. The van der Waals surface area contributed by atoms with Crippen LogP contribution in [0.5, 0.6) is 5.95 Å². The van der Waals surface area contributed by atoms with Crippen molar-refractivity contribution in [3.05, 3.63) is 11.6 Å². The number of carbonyl (C=O) groups is 1. The summed E-state index contributed by atoms with van der Waals surface area (Å²) in [5, 5.41) is 9.08. The van der Waals surface area contributed by atoms with Crippen molar-refractivity contribution in [1.82, 2.24) is 4.98 Å². The summed E-state index contributed by atoms with van der Waals surface area (Å²) in [6.07, 6.45) is 4.82. The van der Waals surface area contributed by atoms with Crippen molar-refractivity contribution in [3.8, 4) is 5.95 Å². The van der Waals surface area contributed by atoms with E-state index in [1.807, 2.05) is 0 Å². The predicted molar refractivity (Wildman–Crippen MR) is 62.8 cm³/mol. The van der Waals surface area contributed by atoms with Crippen molar-refractivity contribution in [2.45, 2.75) is 38.5 Å². The maximum atomic E-state index is 11.1. The molecule has 2 saturated carbocycles. The Morgan fingerprint density at radius 2 is 2.33 bits per heavy atom. The summed E-state index contributed by atoms with van der Waals surface area (Å²) in [6.45, 7) is 2.18. The van der Waals surface area contributed by atoms with Gasteiger partial charge in [0.05, 0.1) is 6.61 Å². The summed E-state index contributed by atoms with van der Waals surface area (Å²) < 4.78 is 10.7. The van der Waals surface area contributed by atoms with Crippen molar-refractivity contribution < 1.29 is 19.1 Å². The van der Waals surface area contributed by atoms with Crippen LogP contribution >= 0.6 is 0 Å². The average molecular weight is 251 g/mol. The van der Waals surface area contributed by atoms with Crippen LogP contribution in [0.3, 0.4) is 0 Å². The lowest BCUT2D eigenvalue weighted by Gasteiger charge is -2.17. The molecule has 0 spiro atoms. The van der Waals surface area contributed by atoms with Crippen LogP contribution in [0, 0.1) is 11.8 Å². The fourth-order valence-electron chi connectivity index (χ4n) is 3.39. The molecule has 1 aromatic rings. The van der Waals surface area contributed by atoms with E-state index in [1.54, 1.807) is 6.92 Å². The highest BCUT2D eigenvalue weighted by molar-refractivity contribution is 5.87. The number of rotatable bonds is 4. The van der Waals surface area contributed by atoms with E-state index in [0.29, 0.717) is 18.4 Å². The Hall–Kier alpha value is -1.52. The van der Waals surface area contributed by atoms with Gasteiger partial charge in [-0.3, -0.25) is 0 Å². The highest BCUT2D eigenvalue weighted by atomic mass is 16.6. The summed E-state index contributed by atoms with van der Waals surface area (Å²) in [5.41, 5.74) is -0.0883. The molecule has 2 bridgehead atoms. The number of hydrogen-bond acceptors (Lipinski definition) is 4. The van der Waals surface area contributed by atoms with Gasteiger partial charge in [0.15, 0.2) is 0 Å². The van der Waals surface area contributed by atoms with E-state index >= 15 is 0 Å². The van der Waals surface area contributed by atoms with Crippen LogP contribution in [0.1, 0.15) is 54.9 Å². The van der Waals surface area contributed by atoms with Crippen molar-refractivity contribution in [2.24, 2.45) is 11.8 Å². The van der Waals surface area contributed by atoms with Gasteiger partial charge in [0, 0.05) is 5.92 Å². The van der Waals surface area contributed by atoms with Gasteiger partial charge >= 0.3 is 11.9 Å². The third-order valence-corrected chi connectivity index (χ3v) is 4.15. The Morgan fingerprint density at radius 1 is 1.50 bits per heavy atom. The van der Waals surface area contributed by atoms with Crippen LogP contribution in [-0.2, 0) is 0 Å². The number of hydrogen-bond donors (Lipinski definition) is 1.